The highest BCUT2D eigenvalue weighted by Gasteiger charge is 2.51. The van der Waals surface area contributed by atoms with Crippen LogP contribution in [0.2, 0.25) is 0 Å². The number of sulfone groups is 3. The molecule has 0 saturated heterocycles. The standard InChI is InChI=1S/C8H12N2O2.C8H14N2O2.2C7H14O2S.C6H8F2N2O.C5H12O2S/c1-5(2)6-9-10-7(12-6)8(11)3-4-8;1-5(2)6-9-10-7(12-6)8(3,4)11;1-6(2)10(8,9)7(3)4-5-7;1-6(2)10(8,9)5-7-3-4-7;1-3(2)5-9-10-6(11-5)4(7)8;1-4-8(6,7)5(2)3/h5,11H,3-4H2,1-2H3;5,11H,1-4H3;6H,4-5H2,1-3H3;6-7H,3-5H2,1-2H3;3-4H,1-2H3;5H,4H2,1-3H3. The molecule has 17 nitrogen and oxygen atoms in total. The number of alkyl halides is 2. The number of rotatable bonds is 13. The molecule has 3 aromatic heterocycles. The highest BCUT2D eigenvalue weighted by Crippen LogP contribution is 2.45. The van der Waals surface area contributed by atoms with Gasteiger partial charge in [-0.2, -0.15) is 8.78 Å². The number of nitrogens with zero attached hydrogens (tertiary/aromatic N) is 6. The molecule has 366 valence electrons. The molecular weight excluding hydrogens is 887 g/mol. The summed E-state index contributed by atoms with van der Waals surface area (Å²) in [6.45, 7) is 28.6. The van der Waals surface area contributed by atoms with Gasteiger partial charge in [0.1, 0.15) is 11.2 Å². The van der Waals surface area contributed by atoms with Crippen LogP contribution < -0.4 is 0 Å². The summed E-state index contributed by atoms with van der Waals surface area (Å²) in [7, 11) is -8.27. The van der Waals surface area contributed by atoms with Crippen molar-refractivity contribution in [2.24, 2.45) is 5.92 Å². The van der Waals surface area contributed by atoms with Crippen LogP contribution in [0.25, 0.3) is 0 Å². The third-order valence-electron chi connectivity index (χ3n) is 9.92. The molecule has 0 spiro atoms. The minimum Gasteiger partial charge on any atom is -0.422 e. The summed E-state index contributed by atoms with van der Waals surface area (Å²) in [6.07, 6.45) is 2.76. The first-order valence-electron chi connectivity index (χ1n) is 21.5. The van der Waals surface area contributed by atoms with E-state index in [-0.39, 0.29) is 55.8 Å². The summed E-state index contributed by atoms with van der Waals surface area (Å²) < 4.78 is 105. The van der Waals surface area contributed by atoms with Crippen molar-refractivity contribution < 1.29 is 57.5 Å². The highest BCUT2D eigenvalue weighted by molar-refractivity contribution is 7.93. The van der Waals surface area contributed by atoms with Crippen molar-refractivity contribution in [2.75, 3.05) is 11.5 Å². The molecule has 3 fully saturated rings. The van der Waals surface area contributed by atoms with Gasteiger partial charge >= 0.3 is 6.43 Å². The van der Waals surface area contributed by atoms with Crippen LogP contribution in [0, 0.1) is 5.92 Å². The van der Waals surface area contributed by atoms with E-state index in [1.807, 2.05) is 34.6 Å². The van der Waals surface area contributed by atoms with E-state index in [1.54, 1.807) is 76.2 Å². The van der Waals surface area contributed by atoms with E-state index in [9.17, 15) is 44.2 Å². The summed E-state index contributed by atoms with van der Waals surface area (Å²) in [5, 5.41) is 40.3. The molecule has 6 rings (SSSR count). The van der Waals surface area contributed by atoms with E-state index >= 15 is 0 Å². The molecule has 0 aromatic carbocycles. The van der Waals surface area contributed by atoms with Crippen LogP contribution in [0.15, 0.2) is 13.3 Å². The monoisotopic (exact) mass is 960 g/mol. The molecule has 3 aromatic rings. The molecule has 3 saturated carbocycles. The van der Waals surface area contributed by atoms with E-state index < -0.39 is 53.0 Å². The average Bonchev–Trinajstić information content (AvgIpc) is 4.08. The Morgan fingerprint density at radius 1 is 0.635 bits per heavy atom. The number of halogens is 2. The van der Waals surface area contributed by atoms with Crippen molar-refractivity contribution in [1.29, 1.82) is 0 Å². The van der Waals surface area contributed by atoms with Crippen LogP contribution in [0.1, 0.15) is 209 Å². The fourth-order valence-electron chi connectivity index (χ4n) is 4.44. The van der Waals surface area contributed by atoms with E-state index in [0.29, 0.717) is 29.3 Å². The number of hydrogen-bond acceptors (Lipinski definition) is 17. The van der Waals surface area contributed by atoms with Crippen molar-refractivity contribution >= 4 is 29.5 Å². The minimum atomic E-state index is -2.80. The van der Waals surface area contributed by atoms with Gasteiger partial charge in [-0.3, -0.25) is 0 Å². The van der Waals surface area contributed by atoms with Crippen LogP contribution in [-0.4, -0.2) is 98.1 Å². The summed E-state index contributed by atoms with van der Waals surface area (Å²) in [4.78, 5) is 0. The van der Waals surface area contributed by atoms with Crippen LogP contribution in [0.5, 0.6) is 0 Å². The lowest BCUT2D eigenvalue weighted by Crippen LogP contribution is -2.27. The molecule has 0 amide bonds. The Hall–Kier alpha value is -2.95. The number of hydrogen-bond donors (Lipinski definition) is 2. The Bertz CT molecular complexity index is 2080. The van der Waals surface area contributed by atoms with Gasteiger partial charge in [-0.25, -0.2) is 25.3 Å². The Morgan fingerprint density at radius 2 is 1.05 bits per heavy atom. The van der Waals surface area contributed by atoms with Crippen molar-refractivity contribution in [3.8, 4) is 0 Å². The van der Waals surface area contributed by atoms with Crippen LogP contribution in [-0.2, 0) is 40.7 Å². The topological polar surface area (TPSA) is 260 Å². The summed E-state index contributed by atoms with van der Waals surface area (Å²) in [5.74, 6) is 3.06. The Kier molecular flexibility index (Phi) is 21.6. The van der Waals surface area contributed by atoms with Crippen LogP contribution >= 0.6 is 0 Å². The zero-order chi connectivity index (χ0) is 49.1. The summed E-state index contributed by atoms with van der Waals surface area (Å²) in [5.41, 5.74) is -1.83. The van der Waals surface area contributed by atoms with Gasteiger partial charge in [0, 0.05) is 23.5 Å². The molecule has 3 aliphatic rings. The number of aromatic nitrogens is 6. The van der Waals surface area contributed by atoms with Gasteiger partial charge in [0.25, 0.3) is 5.89 Å². The van der Waals surface area contributed by atoms with Crippen LogP contribution in [0.4, 0.5) is 8.78 Å². The van der Waals surface area contributed by atoms with E-state index in [1.165, 1.54) is 0 Å². The normalized spacial score (nSPS) is 16.6. The first-order chi connectivity index (χ1) is 28.6. The molecule has 0 atom stereocenters. The fourth-order valence-corrected chi connectivity index (χ4v) is 8.29. The molecule has 2 N–H and O–H groups in total. The predicted octanol–water partition coefficient (Wildman–Crippen LogP) is 8.14. The van der Waals surface area contributed by atoms with Crippen LogP contribution in [0.3, 0.4) is 0 Å². The van der Waals surface area contributed by atoms with Crippen molar-refractivity contribution in [3.05, 3.63) is 35.3 Å². The Balaban J connectivity index is 0.000000380. The SMILES string of the molecule is CC(C)S(=O)(=O)C1(C)CC1.CC(C)S(=O)(=O)CC1CC1.CC(C)c1nnc(C(C)(C)O)o1.CC(C)c1nnc(C(F)F)o1.CC(C)c1nnc(C2(O)CC2)o1.CCS(=O)(=O)C(C)C. The Labute approximate surface area is 374 Å². The smallest absolute Gasteiger partial charge is 0.314 e. The van der Waals surface area contributed by atoms with Gasteiger partial charge in [0.15, 0.2) is 29.5 Å². The molecule has 0 radical (unpaired) electrons. The third kappa shape index (κ3) is 19.2. The molecule has 3 aliphatic carbocycles. The molecule has 0 aliphatic heterocycles. The molecule has 22 heteroatoms. The second-order valence-electron chi connectivity index (χ2n) is 18.6. The Morgan fingerprint density at radius 3 is 1.29 bits per heavy atom. The van der Waals surface area contributed by atoms with Crippen molar-refractivity contribution in [3.63, 3.8) is 0 Å². The molecule has 0 unspecified atom stereocenters. The van der Waals surface area contributed by atoms with Gasteiger partial charge in [-0.05, 0) is 107 Å². The quantitative estimate of drug-likeness (QED) is 0.164. The second-order valence-corrected chi connectivity index (χ2v) is 27.1. The maximum atomic E-state index is 11.8. The van der Waals surface area contributed by atoms with E-state index in [4.69, 9.17) is 8.83 Å². The van der Waals surface area contributed by atoms with Crippen molar-refractivity contribution in [1.82, 2.24) is 30.6 Å². The van der Waals surface area contributed by atoms with Gasteiger partial charge in [0.05, 0.1) is 26.2 Å². The zero-order valence-corrected chi connectivity index (χ0v) is 42.5. The molecule has 63 heavy (non-hydrogen) atoms. The first-order valence-corrected chi connectivity index (χ1v) is 26.4. The lowest BCUT2D eigenvalue weighted by Gasteiger charge is -2.12. The predicted molar refractivity (Wildman–Crippen MR) is 236 cm³/mol. The van der Waals surface area contributed by atoms with E-state index in [2.05, 4.69) is 35.0 Å². The third-order valence-corrected chi connectivity index (χ3v) is 17.6. The van der Waals surface area contributed by atoms with Gasteiger partial charge in [-0.15, -0.1) is 30.6 Å². The lowest BCUT2D eigenvalue weighted by atomic mass is 10.1. The van der Waals surface area contributed by atoms with Gasteiger partial charge in [0.2, 0.25) is 29.5 Å². The molecular formula is C41H74F2N6O11S3. The minimum absolute atomic E-state index is 0.00463. The largest absolute Gasteiger partial charge is 0.422 e. The molecule has 3 heterocycles. The number of aliphatic hydroxyl groups is 2. The van der Waals surface area contributed by atoms with Crippen molar-refractivity contribution in [2.45, 2.75) is 205 Å². The van der Waals surface area contributed by atoms with Gasteiger partial charge in [-0.1, -0.05) is 48.5 Å². The first kappa shape index (κ1) is 58.1. The zero-order valence-electron chi connectivity index (χ0n) is 40.0. The maximum Gasteiger partial charge on any atom is 0.314 e. The summed E-state index contributed by atoms with van der Waals surface area (Å²) >= 11 is 0. The van der Waals surface area contributed by atoms with E-state index in [0.717, 1.165) is 38.5 Å². The van der Waals surface area contributed by atoms with Gasteiger partial charge < -0.3 is 23.5 Å². The fraction of sp³-hybridized carbons (Fsp3) is 0.854. The highest BCUT2D eigenvalue weighted by atomic mass is 32.2. The maximum absolute atomic E-state index is 11.8. The second kappa shape index (κ2) is 23.5. The molecule has 0 bridgehead atoms. The lowest BCUT2D eigenvalue weighted by molar-refractivity contribution is 0.0468. The summed E-state index contributed by atoms with van der Waals surface area (Å²) in [6, 6.07) is 0. The average molecular weight is 961 g/mol.